The number of hydrogen-bond donors (Lipinski definition) is 3. The molecule has 1 unspecified atom stereocenters. The largest absolute Gasteiger partial charge is 0.393 e. The Morgan fingerprint density at radius 3 is 2.79 bits per heavy atom. The van der Waals surface area contributed by atoms with Gasteiger partial charge in [-0.25, -0.2) is 0 Å². The predicted molar refractivity (Wildman–Crippen MR) is 58.4 cm³/mol. The first-order chi connectivity index (χ1) is 6.47. The van der Waals surface area contributed by atoms with E-state index >= 15 is 0 Å². The predicted octanol–water partition coefficient (Wildman–Crippen LogP) is 0.751. The average Bonchev–Trinajstić information content (AvgIpc) is 2.29. The minimum Gasteiger partial charge on any atom is -0.393 e. The summed E-state index contributed by atoms with van der Waals surface area (Å²) in [5.74, 6) is 0.395. The maximum atomic E-state index is 9.13. The first kappa shape index (κ1) is 11.4. The fourth-order valence-electron chi connectivity index (χ4n) is 1.86. The highest BCUT2D eigenvalue weighted by atomic mass is 16.3. The number of nitrogens with two attached hydrogens (primary N) is 2. The minimum absolute atomic E-state index is 0.0983. The second kappa shape index (κ2) is 4.26. The van der Waals surface area contributed by atoms with Crippen LogP contribution in [0.3, 0.4) is 0 Å². The Morgan fingerprint density at radius 1 is 1.57 bits per heavy atom. The number of rotatable bonds is 2. The Bertz CT molecular complexity index is 256. The molecule has 1 aliphatic rings. The molecule has 2 atom stereocenters. The van der Waals surface area contributed by atoms with Crippen LogP contribution in [-0.4, -0.2) is 17.4 Å². The van der Waals surface area contributed by atoms with Crippen molar-refractivity contribution in [2.24, 2.45) is 23.3 Å². The Hall–Kier alpha value is -0.640. The van der Waals surface area contributed by atoms with Crippen LogP contribution in [0, 0.1) is 11.8 Å². The van der Waals surface area contributed by atoms with Crippen LogP contribution in [-0.2, 0) is 0 Å². The van der Waals surface area contributed by atoms with Crippen molar-refractivity contribution in [1.29, 1.82) is 0 Å². The molecule has 0 heterocycles. The third kappa shape index (κ3) is 2.44. The van der Waals surface area contributed by atoms with Crippen LogP contribution in [0.15, 0.2) is 23.8 Å². The van der Waals surface area contributed by atoms with Crippen molar-refractivity contribution in [1.82, 2.24) is 0 Å². The normalized spacial score (nSPS) is 28.5. The van der Waals surface area contributed by atoms with Crippen LogP contribution >= 0.6 is 0 Å². The van der Waals surface area contributed by atoms with E-state index in [9.17, 15) is 0 Å². The van der Waals surface area contributed by atoms with Crippen LogP contribution in [0.5, 0.6) is 0 Å². The maximum Gasteiger partial charge on any atom is 0.0911 e. The van der Waals surface area contributed by atoms with Gasteiger partial charge in [-0.15, -0.1) is 0 Å². The molecule has 0 bridgehead atoms. The second-order valence-corrected chi connectivity index (χ2v) is 4.28. The quantitative estimate of drug-likeness (QED) is 0.571. The third-order valence-corrected chi connectivity index (χ3v) is 2.96. The van der Waals surface area contributed by atoms with Gasteiger partial charge in [-0.05, 0) is 19.3 Å². The van der Waals surface area contributed by atoms with E-state index in [1.165, 1.54) is 5.57 Å². The lowest BCUT2D eigenvalue weighted by Gasteiger charge is -2.34. The molecular weight excluding hydrogens is 176 g/mol. The topological polar surface area (TPSA) is 72.3 Å². The molecule has 0 saturated heterocycles. The molecule has 3 nitrogen and oxygen atoms in total. The Balaban J connectivity index is 2.84. The van der Waals surface area contributed by atoms with Crippen LogP contribution in [0.2, 0.25) is 0 Å². The molecule has 14 heavy (non-hydrogen) atoms. The number of allylic oxidation sites excluding steroid dienone is 4. The summed E-state index contributed by atoms with van der Waals surface area (Å²) in [4.78, 5) is 0. The molecule has 0 radical (unpaired) electrons. The molecule has 80 valence electrons. The molecule has 1 rings (SSSR count). The standard InChI is InChI=1S/C11H20N2O/c1-8-3-5-9(2)10(6-4-8)11(12,13)7-14/h3-5,9-10,14H,6-7,12-13H2,1-2H3/t9?,10-/m1/s1. The molecule has 0 aliphatic heterocycles. The van der Waals surface area contributed by atoms with E-state index in [0.717, 1.165) is 6.42 Å². The van der Waals surface area contributed by atoms with Crippen molar-refractivity contribution in [2.75, 3.05) is 6.61 Å². The molecule has 1 aliphatic carbocycles. The molecule has 5 N–H and O–H groups in total. The van der Waals surface area contributed by atoms with E-state index in [4.69, 9.17) is 16.6 Å². The zero-order valence-electron chi connectivity index (χ0n) is 8.90. The van der Waals surface area contributed by atoms with E-state index in [1.807, 2.05) is 0 Å². The Kier molecular flexibility index (Phi) is 3.48. The molecule has 3 heteroatoms. The van der Waals surface area contributed by atoms with Gasteiger partial charge in [0.1, 0.15) is 0 Å². The first-order valence-corrected chi connectivity index (χ1v) is 5.01. The third-order valence-electron chi connectivity index (χ3n) is 2.96. The van der Waals surface area contributed by atoms with Crippen molar-refractivity contribution in [3.8, 4) is 0 Å². The molecule has 0 amide bonds. The molecule has 0 aromatic carbocycles. The summed E-state index contributed by atoms with van der Waals surface area (Å²) >= 11 is 0. The van der Waals surface area contributed by atoms with Crippen LogP contribution in [0.25, 0.3) is 0 Å². The fraction of sp³-hybridized carbons (Fsp3) is 0.636. The van der Waals surface area contributed by atoms with Gasteiger partial charge in [0.25, 0.3) is 0 Å². The van der Waals surface area contributed by atoms with Gasteiger partial charge in [-0.1, -0.05) is 30.7 Å². The van der Waals surface area contributed by atoms with Gasteiger partial charge < -0.3 is 16.6 Å². The van der Waals surface area contributed by atoms with Gasteiger partial charge in [-0.2, -0.15) is 0 Å². The zero-order chi connectivity index (χ0) is 10.8. The smallest absolute Gasteiger partial charge is 0.0911 e. The lowest BCUT2D eigenvalue weighted by atomic mass is 9.81. The van der Waals surface area contributed by atoms with E-state index in [1.54, 1.807) is 0 Å². The summed E-state index contributed by atoms with van der Waals surface area (Å²) in [6, 6.07) is 0. The van der Waals surface area contributed by atoms with Gasteiger partial charge in [0.2, 0.25) is 0 Å². The molecule has 0 saturated carbocycles. The van der Waals surface area contributed by atoms with Crippen LogP contribution < -0.4 is 11.5 Å². The van der Waals surface area contributed by atoms with Crippen molar-refractivity contribution >= 4 is 0 Å². The van der Waals surface area contributed by atoms with Gasteiger partial charge in [-0.3, -0.25) is 0 Å². The summed E-state index contributed by atoms with van der Waals surface area (Å²) in [5, 5.41) is 9.13. The number of aliphatic hydroxyl groups excluding tert-OH is 1. The van der Waals surface area contributed by atoms with Crippen molar-refractivity contribution in [2.45, 2.75) is 25.9 Å². The summed E-state index contributed by atoms with van der Waals surface area (Å²) in [6.45, 7) is 3.96. The summed E-state index contributed by atoms with van der Waals surface area (Å²) < 4.78 is 0. The maximum absolute atomic E-state index is 9.13. The molecular formula is C11H20N2O. The molecule has 0 fully saturated rings. The van der Waals surface area contributed by atoms with E-state index in [2.05, 4.69) is 32.1 Å². The van der Waals surface area contributed by atoms with Gasteiger partial charge in [0.15, 0.2) is 0 Å². The summed E-state index contributed by atoms with van der Waals surface area (Å²) in [6.07, 6.45) is 7.13. The second-order valence-electron chi connectivity index (χ2n) is 4.28. The van der Waals surface area contributed by atoms with Crippen LogP contribution in [0.1, 0.15) is 20.3 Å². The highest BCUT2D eigenvalue weighted by molar-refractivity contribution is 5.20. The molecule has 0 aromatic heterocycles. The number of aliphatic hydroxyl groups is 1. The van der Waals surface area contributed by atoms with E-state index < -0.39 is 5.66 Å². The van der Waals surface area contributed by atoms with Gasteiger partial charge in [0, 0.05) is 5.92 Å². The summed E-state index contributed by atoms with van der Waals surface area (Å²) in [5.41, 5.74) is 12.0. The Morgan fingerprint density at radius 2 is 2.21 bits per heavy atom. The van der Waals surface area contributed by atoms with Crippen molar-refractivity contribution < 1.29 is 5.11 Å². The van der Waals surface area contributed by atoms with Crippen molar-refractivity contribution in [3.63, 3.8) is 0 Å². The minimum atomic E-state index is -0.981. The average molecular weight is 196 g/mol. The lowest BCUT2D eigenvalue weighted by Crippen LogP contribution is -2.59. The van der Waals surface area contributed by atoms with Crippen molar-refractivity contribution in [3.05, 3.63) is 23.8 Å². The number of hydrogen-bond acceptors (Lipinski definition) is 3. The van der Waals surface area contributed by atoms with Crippen LogP contribution in [0.4, 0.5) is 0 Å². The zero-order valence-corrected chi connectivity index (χ0v) is 8.90. The molecule has 0 aromatic rings. The first-order valence-electron chi connectivity index (χ1n) is 5.01. The molecule has 0 spiro atoms. The van der Waals surface area contributed by atoms with E-state index in [0.29, 0.717) is 5.92 Å². The van der Waals surface area contributed by atoms with Gasteiger partial charge >= 0.3 is 0 Å². The monoisotopic (exact) mass is 196 g/mol. The fourth-order valence-corrected chi connectivity index (χ4v) is 1.86. The van der Waals surface area contributed by atoms with Gasteiger partial charge in [0.05, 0.1) is 12.3 Å². The lowest BCUT2D eigenvalue weighted by molar-refractivity contribution is 0.125. The Labute approximate surface area is 85.5 Å². The summed E-state index contributed by atoms with van der Waals surface area (Å²) in [7, 11) is 0. The highest BCUT2D eigenvalue weighted by Crippen LogP contribution is 2.28. The van der Waals surface area contributed by atoms with E-state index in [-0.39, 0.29) is 12.5 Å². The highest BCUT2D eigenvalue weighted by Gasteiger charge is 2.33. The SMILES string of the molecule is CC1=CC[C@@H](C(N)(N)CO)C(C)C=C1.